The Morgan fingerprint density at radius 1 is 1.06 bits per heavy atom. The summed E-state index contributed by atoms with van der Waals surface area (Å²) >= 11 is 5.82. The van der Waals surface area contributed by atoms with Crippen LogP contribution in [0.2, 0.25) is 0 Å². The Labute approximate surface area is 187 Å². The minimum Gasteiger partial charge on any atom is -0.378 e. The first-order chi connectivity index (χ1) is 15.1. The summed E-state index contributed by atoms with van der Waals surface area (Å²) in [7, 11) is 0. The van der Waals surface area contributed by atoms with Crippen LogP contribution in [0.4, 0.5) is 11.4 Å². The van der Waals surface area contributed by atoms with Crippen molar-refractivity contribution in [2.75, 3.05) is 31.6 Å². The van der Waals surface area contributed by atoms with Crippen LogP contribution in [0.5, 0.6) is 0 Å². The van der Waals surface area contributed by atoms with Gasteiger partial charge in [0.15, 0.2) is 0 Å². The van der Waals surface area contributed by atoms with Crippen LogP contribution in [0, 0.1) is 10.1 Å². The lowest BCUT2D eigenvalue weighted by Crippen LogP contribution is -2.38. The molecule has 0 spiro atoms. The van der Waals surface area contributed by atoms with Crippen molar-refractivity contribution in [2.45, 2.75) is 19.3 Å². The number of nitrogens with zero attached hydrogens (tertiary/aromatic N) is 2. The summed E-state index contributed by atoms with van der Waals surface area (Å²) in [4.78, 5) is 13.6. The number of nitro groups is 1. The van der Waals surface area contributed by atoms with Gasteiger partial charge in [-0.2, -0.15) is 0 Å². The first-order valence-electron chi connectivity index (χ1n) is 10.5. The minimum atomic E-state index is -0.400. The fraction of sp³-hybridized carbons (Fsp3) is 0.292. The zero-order valence-electron chi connectivity index (χ0n) is 17.3. The Kier molecular flexibility index (Phi) is 6.74. The molecule has 0 saturated carbocycles. The normalized spacial score (nSPS) is 18.2. The molecule has 1 fully saturated rings. The van der Waals surface area contributed by atoms with E-state index in [1.807, 2.05) is 6.07 Å². The predicted molar refractivity (Wildman–Crippen MR) is 127 cm³/mol. The average molecular weight is 436 g/mol. The van der Waals surface area contributed by atoms with Crippen LogP contribution in [0.3, 0.4) is 0 Å². The number of anilines is 1. The highest BCUT2D eigenvalue weighted by atomic mass is 32.1. The lowest BCUT2D eigenvalue weighted by Gasteiger charge is -2.36. The summed E-state index contributed by atoms with van der Waals surface area (Å²) in [6, 6.07) is 16.7. The molecule has 6 nitrogen and oxygen atoms in total. The molecule has 0 amide bonds. The Balaban J connectivity index is 1.67. The molecule has 0 atom stereocenters. The fourth-order valence-corrected chi connectivity index (χ4v) is 4.37. The van der Waals surface area contributed by atoms with E-state index in [-0.39, 0.29) is 5.69 Å². The molecule has 31 heavy (non-hydrogen) atoms. The number of non-ortho nitro benzene ring substituents is 1. The maximum atomic E-state index is 10.9. The lowest BCUT2D eigenvalue weighted by molar-refractivity contribution is -0.384. The number of ether oxygens (including phenoxy) is 1. The van der Waals surface area contributed by atoms with E-state index in [2.05, 4.69) is 40.6 Å². The van der Waals surface area contributed by atoms with Crippen LogP contribution in [-0.4, -0.2) is 41.1 Å². The zero-order chi connectivity index (χ0) is 21.6. The molecule has 2 aromatic rings. The average Bonchev–Trinajstić information content (AvgIpc) is 2.80. The molecule has 2 aromatic carbocycles. The summed E-state index contributed by atoms with van der Waals surface area (Å²) in [6.07, 6.45) is 5.20. The van der Waals surface area contributed by atoms with E-state index in [1.165, 1.54) is 29.0 Å². The number of allylic oxidation sites excluding steroid dienone is 1. The summed E-state index contributed by atoms with van der Waals surface area (Å²) in [5.74, 6) is 0. The number of thiocarbonyl (C=S) groups is 1. The molecule has 4 rings (SSSR count). The zero-order valence-corrected chi connectivity index (χ0v) is 18.1. The Morgan fingerprint density at radius 2 is 1.77 bits per heavy atom. The molecule has 1 N–H and O–H groups in total. The molecule has 0 aromatic heterocycles. The molecule has 0 unspecified atom stereocenters. The lowest BCUT2D eigenvalue weighted by atomic mass is 9.89. The van der Waals surface area contributed by atoms with Gasteiger partial charge in [-0.3, -0.25) is 10.1 Å². The molecule has 1 aliphatic carbocycles. The Bertz CT molecular complexity index is 1010. The van der Waals surface area contributed by atoms with Gasteiger partial charge in [0.2, 0.25) is 0 Å². The van der Waals surface area contributed by atoms with Gasteiger partial charge in [-0.1, -0.05) is 42.5 Å². The van der Waals surface area contributed by atoms with Crippen LogP contribution < -0.4 is 5.32 Å². The number of morpholine rings is 1. The molecular weight excluding hydrogens is 410 g/mol. The van der Waals surface area contributed by atoms with Gasteiger partial charge in [0.1, 0.15) is 4.99 Å². The number of hydrogen-bond donors (Lipinski definition) is 1. The Morgan fingerprint density at radius 3 is 2.45 bits per heavy atom. The van der Waals surface area contributed by atoms with Gasteiger partial charge in [-0.15, -0.1) is 0 Å². The van der Waals surface area contributed by atoms with Crippen molar-refractivity contribution in [1.29, 1.82) is 0 Å². The van der Waals surface area contributed by atoms with Gasteiger partial charge in [-0.05, 0) is 48.6 Å². The van der Waals surface area contributed by atoms with Crippen LogP contribution in [-0.2, 0) is 4.74 Å². The van der Waals surface area contributed by atoms with Crippen molar-refractivity contribution in [2.24, 2.45) is 0 Å². The summed E-state index contributed by atoms with van der Waals surface area (Å²) in [6.45, 7) is 3.09. The van der Waals surface area contributed by atoms with Crippen LogP contribution in [0.25, 0.3) is 6.08 Å². The molecule has 2 aliphatic rings. The van der Waals surface area contributed by atoms with E-state index < -0.39 is 4.92 Å². The number of nitrogens with one attached hydrogen (secondary N) is 1. The molecule has 7 heteroatoms. The predicted octanol–water partition coefficient (Wildman–Crippen LogP) is 5.19. The molecule has 160 valence electrons. The second-order valence-corrected chi connectivity index (χ2v) is 8.03. The smallest absolute Gasteiger partial charge is 0.269 e. The highest BCUT2D eigenvalue weighted by Gasteiger charge is 2.26. The first-order valence-corrected chi connectivity index (χ1v) is 10.9. The van der Waals surface area contributed by atoms with Gasteiger partial charge in [0, 0.05) is 42.2 Å². The summed E-state index contributed by atoms with van der Waals surface area (Å²) < 4.78 is 5.58. The maximum Gasteiger partial charge on any atom is 0.269 e. The molecule has 0 bridgehead atoms. The molecule has 0 radical (unpaired) electrons. The Hall–Kier alpha value is -3.03. The van der Waals surface area contributed by atoms with Crippen LogP contribution in [0.1, 0.15) is 24.8 Å². The van der Waals surface area contributed by atoms with Gasteiger partial charge in [0.25, 0.3) is 5.69 Å². The van der Waals surface area contributed by atoms with E-state index in [0.29, 0.717) is 18.2 Å². The van der Waals surface area contributed by atoms with Gasteiger partial charge >= 0.3 is 0 Å². The van der Waals surface area contributed by atoms with Crippen molar-refractivity contribution in [3.63, 3.8) is 0 Å². The van der Waals surface area contributed by atoms with Gasteiger partial charge in [-0.25, -0.2) is 0 Å². The largest absolute Gasteiger partial charge is 0.378 e. The first kappa shape index (κ1) is 21.2. The number of hydrogen-bond acceptors (Lipinski definition) is 5. The standard InChI is InChI=1S/C24H25N3O3S/c28-27(29)21-11-9-20(10-12-21)25-24(31)22-8-4-7-19(17-18-5-2-1-3-6-18)23(22)26-13-15-30-16-14-26/h1-3,5-6,9-12,17H,4,7-8,13-16H2,(H,25,31). The van der Waals surface area contributed by atoms with E-state index in [9.17, 15) is 10.1 Å². The summed E-state index contributed by atoms with van der Waals surface area (Å²) in [5, 5.41) is 14.2. The van der Waals surface area contributed by atoms with Gasteiger partial charge in [0.05, 0.1) is 18.1 Å². The van der Waals surface area contributed by atoms with Crippen molar-refractivity contribution < 1.29 is 9.66 Å². The van der Waals surface area contributed by atoms with Crippen molar-refractivity contribution in [1.82, 2.24) is 4.90 Å². The van der Waals surface area contributed by atoms with Crippen molar-refractivity contribution in [3.05, 3.63) is 87.1 Å². The number of rotatable bonds is 5. The SMILES string of the molecule is O=[N+]([O-])c1ccc(NC(=S)C2=C(N3CCOCC3)C(=Cc3ccccc3)CCC2)cc1. The summed E-state index contributed by atoms with van der Waals surface area (Å²) in [5.41, 5.74) is 5.63. The molecule has 1 aliphatic heterocycles. The minimum absolute atomic E-state index is 0.0652. The van der Waals surface area contributed by atoms with Crippen molar-refractivity contribution in [3.8, 4) is 0 Å². The van der Waals surface area contributed by atoms with E-state index in [4.69, 9.17) is 17.0 Å². The number of nitro benzene ring substituents is 1. The van der Waals surface area contributed by atoms with E-state index in [1.54, 1.807) is 12.1 Å². The third-order valence-electron chi connectivity index (χ3n) is 5.54. The third-order valence-corrected chi connectivity index (χ3v) is 5.89. The second-order valence-electron chi connectivity index (χ2n) is 7.62. The molecular formula is C24H25N3O3S. The molecule has 1 saturated heterocycles. The van der Waals surface area contributed by atoms with E-state index >= 15 is 0 Å². The van der Waals surface area contributed by atoms with E-state index in [0.717, 1.165) is 43.6 Å². The molecule has 1 heterocycles. The van der Waals surface area contributed by atoms with Crippen molar-refractivity contribution >= 4 is 34.7 Å². The highest BCUT2D eigenvalue weighted by molar-refractivity contribution is 7.81. The topological polar surface area (TPSA) is 67.6 Å². The van der Waals surface area contributed by atoms with Crippen LogP contribution in [0.15, 0.2) is 71.4 Å². The monoisotopic (exact) mass is 435 g/mol. The second kappa shape index (κ2) is 9.85. The van der Waals surface area contributed by atoms with Crippen LogP contribution >= 0.6 is 12.2 Å². The quantitative estimate of drug-likeness (QED) is 0.396. The number of benzene rings is 2. The highest BCUT2D eigenvalue weighted by Crippen LogP contribution is 2.35. The third kappa shape index (κ3) is 5.18. The maximum absolute atomic E-state index is 10.9. The van der Waals surface area contributed by atoms with Gasteiger partial charge < -0.3 is 15.0 Å². The fourth-order valence-electron chi connectivity index (χ4n) is 4.05.